The van der Waals surface area contributed by atoms with E-state index in [1.165, 1.54) is 4.80 Å². The molecule has 0 bridgehead atoms. The van der Waals surface area contributed by atoms with Crippen LogP contribution in [0.3, 0.4) is 0 Å². The Morgan fingerprint density at radius 3 is 2.64 bits per heavy atom. The summed E-state index contributed by atoms with van der Waals surface area (Å²) < 4.78 is 5.21. The van der Waals surface area contributed by atoms with Gasteiger partial charge in [0.15, 0.2) is 0 Å². The van der Waals surface area contributed by atoms with Gasteiger partial charge in [0.2, 0.25) is 11.7 Å². The van der Waals surface area contributed by atoms with Crippen molar-refractivity contribution in [2.24, 2.45) is 5.41 Å². The zero-order valence-electron chi connectivity index (χ0n) is 13.6. The van der Waals surface area contributed by atoms with Crippen molar-refractivity contribution in [3.8, 4) is 11.4 Å². The van der Waals surface area contributed by atoms with Crippen molar-refractivity contribution in [2.45, 2.75) is 19.4 Å². The molecule has 1 aliphatic rings. The lowest BCUT2D eigenvalue weighted by atomic mass is 9.80. The van der Waals surface area contributed by atoms with E-state index in [9.17, 15) is 14.7 Å². The first kappa shape index (κ1) is 17.0. The molecule has 0 unspecified atom stereocenters. The summed E-state index contributed by atoms with van der Waals surface area (Å²) in [7, 11) is 0. The molecule has 25 heavy (non-hydrogen) atoms. The second-order valence-corrected chi connectivity index (χ2v) is 5.98. The Morgan fingerprint density at radius 1 is 1.24 bits per heavy atom. The predicted octanol–water partition coefficient (Wildman–Crippen LogP) is 0.338. The van der Waals surface area contributed by atoms with Gasteiger partial charge in [-0.1, -0.05) is 30.3 Å². The molecular formula is C16H19N5O4. The van der Waals surface area contributed by atoms with Gasteiger partial charge in [0, 0.05) is 25.3 Å². The largest absolute Gasteiger partial charge is 0.481 e. The third-order valence-electron chi connectivity index (χ3n) is 4.30. The molecule has 0 radical (unpaired) electrons. The SMILES string of the molecule is O=C(Cn1nnc(-c2ccccc2)n1)NCC1(C(=O)O)CCOCC1. The number of carboxylic acids is 1. The molecule has 2 heterocycles. The lowest BCUT2D eigenvalue weighted by Gasteiger charge is -2.33. The number of tetrazole rings is 1. The average molecular weight is 345 g/mol. The molecule has 0 saturated carbocycles. The monoisotopic (exact) mass is 345 g/mol. The zero-order chi connectivity index (χ0) is 17.7. The lowest BCUT2D eigenvalue weighted by Crippen LogP contribution is -2.47. The molecule has 2 N–H and O–H groups in total. The van der Waals surface area contributed by atoms with E-state index in [1.54, 1.807) is 0 Å². The Hall–Kier alpha value is -2.81. The summed E-state index contributed by atoms with van der Waals surface area (Å²) in [6.07, 6.45) is 0.755. The maximum Gasteiger partial charge on any atom is 0.311 e. The van der Waals surface area contributed by atoms with Gasteiger partial charge < -0.3 is 15.2 Å². The van der Waals surface area contributed by atoms with Gasteiger partial charge in [0.05, 0.1) is 5.41 Å². The van der Waals surface area contributed by atoms with Crippen LogP contribution in [-0.2, 0) is 20.9 Å². The van der Waals surface area contributed by atoms with E-state index in [0.29, 0.717) is 31.9 Å². The van der Waals surface area contributed by atoms with Gasteiger partial charge in [-0.25, -0.2) is 0 Å². The first-order valence-corrected chi connectivity index (χ1v) is 8.00. The van der Waals surface area contributed by atoms with Crippen LogP contribution in [0.4, 0.5) is 0 Å². The van der Waals surface area contributed by atoms with Crippen LogP contribution in [0, 0.1) is 5.41 Å². The smallest absolute Gasteiger partial charge is 0.311 e. The highest BCUT2D eigenvalue weighted by Gasteiger charge is 2.40. The molecule has 9 nitrogen and oxygen atoms in total. The number of benzene rings is 1. The van der Waals surface area contributed by atoms with E-state index in [1.807, 2.05) is 30.3 Å². The van der Waals surface area contributed by atoms with Crippen LogP contribution >= 0.6 is 0 Å². The van der Waals surface area contributed by atoms with Gasteiger partial charge in [-0.3, -0.25) is 9.59 Å². The lowest BCUT2D eigenvalue weighted by molar-refractivity contribution is -0.154. The van der Waals surface area contributed by atoms with Crippen LogP contribution in [0.1, 0.15) is 12.8 Å². The number of ether oxygens (including phenoxy) is 1. The number of hydrogen-bond donors (Lipinski definition) is 2. The first-order chi connectivity index (χ1) is 12.1. The summed E-state index contributed by atoms with van der Waals surface area (Å²) in [6.45, 7) is 0.706. The third-order valence-corrected chi connectivity index (χ3v) is 4.30. The Kier molecular flexibility index (Phi) is 5.03. The van der Waals surface area contributed by atoms with Crippen molar-refractivity contribution in [2.75, 3.05) is 19.8 Å². The number of amides is 1. The number of carbonyl (C=O) groups excluding carboxylic acids is 1. The van der Waals surface area contributed by atoms with E-state index < -0.39 is 11.4 Å². The maximum absolute atomic E-state index is 12.1. The van der Waals surface area contributed by atoms with E-state index in [4.69, 9.17) is 4.74 Å². The minimum absolute atomic E-state index is 0.0603. The molecule has 1 saturated heterocycles. The van der Waals surface area contributed by atoms with E-state index in [-0.39, 0.29) is 19.0 Å². The van der Waals surface area contributed by atoms with Crippen LogP contribution in [0.2, 0.25) is 0 Å². The third kappa shape index (κ3) is 4.00. The first-order valence-electron chi connectivity index (χ1n) is 8.00. The minimum Gasteiger partial charge on any atom is -0.481 e. The summed E-state index contributed by atoms with van der Waals surface area (Å²) in [4.78, 5) is 24.9. The number of nitrogens with zero attached hydrogens (tertiary/aromatic N) is 4. The van der Waals surface area contributed by atoms with Gasteiger partial charge in [-0.2, -0.15) is 4.80 Å². The molecule has 132 valence electrons. The predicted molar refractivity (Wildman–Crippen MR) is 86.4 cm³/mol. The average Bonchev–Trinajstić information content (AvgIpc) is 3.10. The minimum atomic E-state index is -0.973. The van der Waals surface area contributed by atoms with E-state index >= 15 is 0 Å². The number of rotatable bonds is 6. The molecule has 1 aliphatic heterocycles. The fourth-order valence-corrected chi connectivity index (χ4v) is 2.69. The second kappa shape index (κ2) is 7.39. The second-order valence-electron chi connectivity index (χ2n) is 5.98. The summed E-state index contributed by atoms with van der Waals surface area (Å²) in [5, 5.41) is 24.1. The van der Waals surface area contributed by atoms with Crippen molar-refractivity contribution in [1.82, 2.24) is 25.5 Å². The normalized spacial score (nSPS) is 16.3. The van der Waals surface area contributed by atoms with Crippen molar-refractivity contribution >= 4 is 11.9 Å². The van der Waals surface area contributed by atoms with Gasteiger partial charge in [0.25, 0.3) is 0 Å². The van der Waals surface area contributed by atoms with Crippen LogP contribution < -0.4 is 5.32 Å². The van der Waals surface area contributed by atoms with Gasteiger partial charge in [-0.05, 0) is 18.1 Å². The summed E-state index contributed by atoms with van der Waals surface area (Å²) in [6, 6.07) is 9.31. The van der Waals surface area contributed by atoms with Crippen molar-refractivity contribution in [1.29, 1.82) is 0 Å². The number of carbonyl (C=O) groups is 2. The molecule has 9 heteroatoms. The molecule has 2 aromatic rings. The Bertz CT molecular complexity index is 740. The molecule has 1 aromatic heterocycles. The molecule has 0 atom stereocenters. The molecule has 1 amide bonds. The number of carboxylic acid groups (broad SMARTS) is 1. The maximum atomic E-state index is 12.1. The van der Waals surface area contributed by atoms with Gasteiger partial charge in [0.1, 0.15) is 6.54 Å². The number of aromatic nitrogens is 4. The molecule has 0 spiro atoms. The number of aliphatic carboxylic acids is 1. The fourth-order valence-electron chi connectivity index (χ4n) is 2.69. The highest BCUT2D eigenvalue weighted by Crippen LogP contribution is 2.30. The van der Waals surface area contributed by atoms with Crippen molar-refractivity contribution < 1.29 is 19.4 Å². The highest BCUT2D eigenvalue weighted by atomic mass is 16.5. The standard InChI is InChI=1S/C16H19N5O4/c22-13(17-11-16(15(23)24)6-8-25-9-7-16)10-21-19-14(18-20-21)12-4-2-1-3-5-12/h1-5H,6-11H2,(H,17,22)(H,23,24). The number of hydrogen-bond acceptors (Lipinski definition) is 6. The number of nitrogens with one attached hydrogen (secondary N) is 1. The van der Waals surface area contributed by atoms with Crippen LogP contribution in [0.25, 0.3) is 11.4 Å². The Morgan fingerprint density at radius 2 is 1.96 bits per heavy atom. The fraction of sp³-hybridized carbons (Fsp3) is 0.438. The van der Waals surface area contributed by atoms with Gasteiger partial charge in [-0.15, -0.1) is 10.2 Å². The molecular weight excluding hydrogens is 326 g/mol. The van der Waals surface area contributed by atoms with Crippen molar-refractivity contribution in [3.63, 3.8) is 0 Å². The molecule has 3 rings (SSSR count). The highest BCUT2D eigenvalue weighted by molar-refractivity contribution is 5.79. The van der Waals surface area contributed by atoms with Crippen LogP contribution in [-0.4, -0.2) is 56.9 Å². The topological polar surface area (TPSA) is 119 Å². The van der Waals surface area contributed by atoms with Crippen LogP contribution in [0.15, 0.2) is 30.3 Å². The molecule has 1 aromatic carbocycles. The Balaban J connectivity index is 1.58. The molecule has 0 aliphatic carbocycles. The Labute approximate surface area is 144 Å². The molecule has 1 fully saturated rings. The zero-order valence-corrected chi connectivity index (χ0v) is 13.6. The summed E-state index contributed by atoms with van der Waals surface area (Å²) >= 11 is 0. The van der Waals surface area contributed by atoms with Crippen LogP contribution in [0.5, 0.6) is 0 Å². The van der Waals surface area contributed by atoms with Crippen molar-refractivity contribution in [3.05, 3.63) is 30.3 Å². The quantitative estimate of drug-likeness (QED) is 0.774. The van der Waals surface area contributed by atoms with E-state index in [0.717, 1.165) is 5.56 Å². The van der Waals surface area contributed by atoms with Gasteiger partial charge >= 0.3 is 5.97 Å². The van der Waals surface area contributed by atoms with E-state index in [2.05, 4.69) is 20.7 Å². The summed E-state index contributed by atoms with van der Waals surface area (Å²) in [5.74, 6) is -0.842. The summed E-state index contributed by atoms with van der Waals surface area (Å²) in [5.41, 5.74) is -0.167.